The summed E-state index contributed by atoms with van der Waals surface area (Å²) >= 11 is 0. The minimum Gasteiger partial charge on any atom is -0.0693 e. The average Bonchev–Trinajstić information content (AvgIpc) is 3.88. The van der Waals surface area contributed by atoms with E-state index in [1.807, 2.05) is 22.0 Å². The Bertz CT molecular complexity index is 2830. The minimum absolute atomic E-state index is 0.297. The molecule has 0 radical (unpaired) electrons. The third kappa shape index (κ3) is 8.89. The molecule has 360 valence electrons. The van der Waals surface area contributed by atoms with Crippen LogP contribution >= 0.6 is 20.7 Å². The molecule has 0 saturated heterocycles. The van der Waals surface area contributed by atoms with Crippen LogP contribution in [0.15, 0.2) is 121 Å². The highest BCUT2D eigenvalue weighted by molar-refractivity contribution is 8.77. The molecule has 0 spiro atoms. The predicted molar refractivity (Wildman–Crippen MR) is 339 cm³/mol. The zero-order valence-electron chi connectivity index (χ0n) is 46.0. The fourth-order valence-electron chi connectivity index (χ4n) is 15.8. The van der Waals surface area contributed by atoms with Crippen molar-refractivity contribution >= 4 is 120 Å². The molecule has 68 heavy (non-hydrogen) atoms. The van der Waals surface area contributed by atoms with Crippen molar-refractivity contribution in [3.05, 3.63) is 138 Å². The Morgan fingerprint density at radius 1 is 0.309 bits per heavy atom. The van der Waals surface area contributed by atoms with Gasteiger partial charge >= 0.3 is 0 Å². The molecule has 2 unspecified atom stereocenters. The standard InChI is InChI=1S/C58H85P3Si7/c1-62(2,3)56(63(4,5)6)51-40-46(58(66(13,14)15,67(16,17)18)68(19,20)21)41-52(57(64(7,8)9)65(10,11)12)55(51)61-59(53-47-34-26-22-30-42(47)38-43-31-23-27-35-48(43)53)60(61)54-49-36-28-24-32-44(49)39-45-33-25-29-37-50(45)54/h22-41,56-57H,1-21H3. The average molecular weight is 1070 g/mol. The van der Waals surface area contributed by atoms with Gasteiger partial charge in [0.1, 0.15) is 0 Å². The van der Waals surface area contributed by atoms with Gasteiger partial charge in [-0.05, 0) is 107 Å². The van der Waals surface area contributed by atoms with Crippen LogP contribution < -0.4 is 0 Å². The maximum Gasteiger partial charge on any atom is 0.0499 e. The van der Waals surface area contributed by atoms with Crippen LogP contribution in [0.25, 0.3) is 59.0 Å². The second kappa shape index (κ2) is 17.6. The van der Waals surface area contributed by atoms with Crippen LogP contribution in [-0.4, -0.2) is 56.5 Å². The Hall–Kier alpha value is -2.00. The van der Waals surface area contributed by atoms with Crippen LogP contribution in [0.2, 0.25) is 137 Å². The van der Waals surface area contributed by atoms with Gasteiger partial charge in [0, 0.05) is 72.4 Å². The molecule has 2 atom stereocenters. The van der Waals surface area contributed by atoms with Crippen molar-refractivity contribution in [2.24, 2.45) is 0 Å². The monoisotopic (exact) mass is 1070 g/mol. The molecule has 0 aliphatic carbocycles. The van der Waals surface area contributed by atoms with Gasteiger partial charge in [0.05, 0.1) is 0 Å². The van der Waals surface area contributed by atoms with Gasteiger partial charge in [0.25, 0.3) is 0 Å². The van der Waals surface area contributed by atoms with Crippen LogP contribution in [0.3, 0.4) is 0 Å². The van der Waals surface area contributed by atoms with Gasteiger partial charge in [-0.25, -0.2) is 0 Å². The summed E-state index contributed by atoms with van der Waals surface area (Å²) in [6.07, 6.45) is 0. The van der Waals surface area contributed by atoms with E-state index in [9.17, 15) is 0 Å². The number of hydrogen-bond acceptors (Lipinski definition) is 0. The minimum atomic E-state index is -1.85. The lowest BCUT2D eigenvalue weighted by Crippen LogP contribution is -2.74. The zero-order valence-corrected chi connectivity index (χ0v) is 55.7. The molecule has 0 N–H and O–H groups in total. The molecule has 1 aromatic heterocycles. The summed E-state index contributed by atoms with van der Waals surface area (Å²) in [4.78, 5) is 0. The van der Waals surface area contributed by atoms with Crippen molar-refractivity contribution in [3.63, 3.8) is 0 Å². The summed E-state index contributed by atoms with van der Waals surface area (Å²) in [5.41, 5.74) is 5.59. The highest BCUT2D eigenvalue weighted by Gasteiger charge is 2.61. The molecule has 0 aliphatic heterocycles. The normalized spacial score (nSPS) is 15.0. The van der Waals surface area contributed by atoms with Crippen molar-refractivity contribution in [1.29, 1.82) is 0 Å². The Morgan fingerprint density at radius 2 is 0.544 bits per heavy atom. The van der Waals surface area contributed by atoms with Crippen LogP contribution in [0.4, 0.5) is 0 Å². The molecule has 0 amide bonds. The Balaban J connectivity index is 1.73. The first kappa shape index (κ1) is 52.3. The molecule has 10 heteroatoms. The molecule has 8 rings (SSSR count). The molecule has 0 bridgehead atoms. The third-order valence-electron chi connectivity index (χ3n) is 15.7. The van der Waals surface area contributed by atoms with Gasteiger partial charge < -0.3 is 0 Å². The quantitative estimate of drug-likeness (QED) is 0.0797. The maximum atomic E-state index is 3.09. The lowest BCUT2D eigenvalue weighted by molar-refractivity contribution is 0.995. The molecular weight excluding hydrogens is 986 g/mol. The summed E-state index contributed by atoms with van der Waals surface area (Å²) in [5, 5.41) is 18.3. The number of rotatable bonds is 13. The predicted octanol–water partition coefficient (Wildman–Crippen LogP) is 21.8. The van der Waals surface area contributed by atoms with Gasteiger partial charge in [-0.2, -0.15) is 0 Å². The van der Waals surface area contributed by atoms with E-state index in [-0.39, 0.29) is 0 Å². The van der Waals surface area contributed by atoms with Crippen molar-refractivity contribution < 1.29 is 0 Å². The Kier molecular flexibility index (Phi) is 13.5. The van der Waals surface area contributed by atoms with Gasteiger partial charge in [0.2, 0.25) is 0 Å². The van der Waals surface area contributed by atoms with Gasteiger partial charge in [-0.3, -0.25) is 0 Å². The second-order valence-corrected chi connectivity index (χ2v) is 80.8. The lowest BCUT2D eigenvalue weighted by atomic mass is 10.0. The molecular formula is C58H85P3Si7. The van der Waals surface area contributed by atoms with E-state index in [0.717, 1.165) is 0 Å². The van der Waals surface area contributed by atoms with Crippen LogP contribution in [0, 0.1) is 0 Å². The number of fused-ring (bicyclic) bond motifs is 4. The maximum absolute atomic E-state index is 3.09. The SMILES string of the molecule is C[Si](C)(C)C(c1cc(C([Si](C)(C)C)([Si](C)(C)C)[Si](C)(C)C)cc(C([Si](C)(C)C)[Si](C)(C)C)c1-p1p(-c2c3ccccc3cc3ccccc23)p1-c1c2ccccc2cc2ccccc12)[Si](C)(C)C. The van der Waals surface area contributed by atoms with Crippen LogP contribution in [0.5, 0.6) is 0 Å². The van der Waals surface area contributed by atoms with E-state index < -0.39 is 77.2 Å². The smallest absolute Gasteiger partial charge is 0.0499 e. The Labute approximate surface area is 423 Å². The van der Waals surface area contributed by atoms with Crippen LogP contribution in [0.1, 0.15) is 27.0 Å². The first-order valence-electron chi connectivity index (χ1n) is 25.6. The van der Waals surface area contributed by atoms with E-state index in [1.165, 1.54) is 43.1 Å². The number of hydrogen-bond donors (Lipinski definition) is 0. The van der Waals surface area contributed by atoms with Gasteiger partial charge in [-0.15, -0.1) is 0 Å². The summed E-state index contributed by atoms with van der Waals surface area (Å²) in [6, 6.07) is 49.3. The fraction of sp³-hybridized carbons (Fsp3) is 0.414. The van der Waals surface area contributed by atoms with E-state index in [2.05, 4.69) is 259 Å². The first-order chi connectivity index (χ1) is 31.2. The third-order valence-corrected chi connectivity index (χ3v) is 72.1. The zero-order chi connectivity index (χ0) is 50.1. The van der Waals surface area contributed by atoms with E-state index in [1.54, 1.807) is 10.6 Å². The van der Waals surface area contributed by atoms with Crippen LogP contribution in [-0.2, 0) is 4.28 Å². The fourth-order valence-corrected chi connectivity index (χ4v) is 94.2. The highest BCUT2D eigenvalue weighted by atomic mass is 32.7. The first-order valence-corrected chi connectivity index (χ1v) is 56.6. The van der Waals surface area contributed by atoms with Gasteiger partial charge in [0.15, 0.2) is 0 Å². The van der Waals surface area contributed by atoms with Gasteiger partial charge in [-0.1, -0.05) is 247 Å². The summed E-state index contributed by atoms with van der Waals surface area (Å²) in [6.45, 7) is 56.6. The molecule has 1 heterocycles. The van der Waals surface area contributed by atoms with Crippen molar-refractivity contribution in [2.75, 3.05) is 0 Å². The van der Waals surface area contributed by atoms with E-state index in [4.69, 9.17) is 0 Å². The molecule has 8 aromatic rings. The van der Waals surface area contributed by atoms with Crippen molar-refractivity contribution in [2.45, 2.75) is 152 Å². The van der Waals surface area contributed by atoms with Crippen molar-refractivity contribution in [1.82, 2.24) is 0 Å². The molecule has 0 aliphatic rings. The molecule has 0 saturated carbocycles. The van der Waals surface area contributed by atoms with E-state index in [0.29, 0.717) is 14.6 Å². The number of benzene rings is 7. The summed E-state index contributed by atoms with van der Waals surface area (Å²) < 4.78 is 0.297. The highest BCUT2D eigenvalue weighted by Crippen LogP contribution is 2.99. The second-order valence-electron chi connectivity index (χ2n) is 28.0. The molecule has 0 fully saturated rings. The van der Waals surface area contributed by atoms with E-state index >= 15 is 0 Å². The summed E-state index contributed by atoms with van der Waals surface area (Å²) in [7, 11) is -12.8. The molecule has 7 aromatic carbocycles. The lowest BCUT2D eigenvalue weighted by Gasteiger charge is -2.60. The topological polar surface area (TPSA) is 0 Å². The Morgan fingerprint density at radius 3 is 0.779 bits per heavy atom. The van der Waals surface area contributed by atoms with Crippen molar-refractivity contribution in [3.8, 4) is 15.9 Å². The summed E-state index contributed by atoms with van der Waals surface area (Å²) in [5.74, 6) is 0. The molecule has 0 nitrogen and oxygen atoms in total. The largest absolute Gasteiger partial charge is 0.0693 e.